The minimum Gasteiger partial charge on any atom is -0.493 e. The number of amides is 2. The smallest absolute Gasteiger partial charge is 0.423 e. The summed E-state index contributed by atoms with van der Waals surface area (Å²) < 4.78 is 50.5. The lowest BCUT2D eigenvalue weighted by atomic mass is 9.93. The quantitative estimate of drug-likeness (QED) is 0.714. The number of hydrogen-bond acceptors (Lipinski definition) is 4. The molecule has 9 heteroatoms. The summed E-state index contributed by atoms with van der Waals surface area (Å²) in [6.45, 7) is -1.07. The van der Waals surface area contributed by atoms with E-state index in [1.165, 1.54) is 38.5 Å². The molecule has 2 rings (SSSR count). The van der Waals surface area contributed by atoms with Gasteiger partial charge in [-0.1, -0.05) is 36.4 Å². The van der Waals surface area contributed by atoms with Crippen LogP contribution in [-0.2, 0) is 5.60 Å². The SMILES string of the molecule is COc1cccc(NC(=O)NCC(O)(c2ccccc2)C(F)(F)F)c1OC. The minimum atomic E-state index is -4.99. The standard InChI is InChI=1S/C18H19F3N2O4/c1-26-14-10-6-9-13(15(14)27-2)23-16(24)22-11-17(25,18(19,20)21)12-7-4-3-5-8-12/h3-10,25H,11H2,1-2H3,(H2,22,23,24). The number of ether oxygens (including phenoxy) is 2. The van der Waals surface area contributed by atoms with Crippen molar-refractivity contribution in [3.05, 3.63) is 54.1 Å². The molecule has 0 saturated carbocycles. The number of halogens is 3. The van der Waals surface area contributed by atoms with E-state index in [0.29, 0.717) is 5.75 Å². The molecule has 3 N–H and O–H groups in total. The monoisotopic (exact) mass is 384 g/mol. The molecule has 27 heavy (non-hydrogen) atoms. The van der Waals surface area contributed by atoms with E-state index in [0.717, 1.165) is 12.1 Å². The van der Waals surface area contributed by atoms with Gasteiger partial charge in [0.25, 0.3) is 0 Å². The second kappa shape index (κ2) is 8.17. The molecule has 0 spiro atoms. The van der Waals surface area contributed by atoms with E-state index < -0.39 is 24.4 Å². The van der Waals surface area contributed by atoms with E-state index in [1.807, 2.05) is 5.32 Å². The molecule has 0 aromatic heterocycles. The second-order valence-corrected chi connectivity index (χ2v) is 5.57. The lowest BCUT2D eigenvalue weighted by molar-refractivity contribution is -0.263. The number of hydrogen-bond donors (Lipinski definition) is 3. The molecule has 0 aliphatic rings. The molecule has 1 unspecified atom stereocenters. The first kappa shape index (κ1) is 20.4. The van der Waals surface area contributed by atoms with Crippen molar-refractivity contribution in [2.24, 2.45) is 0 Å². The molecule has 0 heterocycles. The van der Waals surface area contributed by atoms with E-state index in [1.54, 1.807) is 12.1 Å². The van der Waals surface area contributed by atoms with Crippen LogP contribution in [-0.4, -0.2) is 38.1 Å². The summed E-state index contributed by atoms with van der Waals surface area (Å²) in [4.78, 5) is 12.1. The van der Waals surface area contributed by atoms with Crippen molar-refractivity contribution < 1.29 is 32.5 Å². The Morgan fingerprint density at radius 1 is 1.04 bits per heavy atom. The lowest BCUT2D eigenvalue weighted by Crippen LogP contribution is -2.51. The number of urea groups is 1. The summed E-state index contributed by atoms with van der Waals surface area (Å²) in [6.07, 6.45) is -4.99. The number of carbonyl (C=O) groups excluding carboxylic acids is 1. The third-order valence-corrected chi connectivity index (χ3v) is 3.88. The molecule has 0 bridgehead atoms. The maximum atomic E-state index is 13.4. The number of carbonyl (C=O) groups is 1. The fourth-order valence-electron chi connectivity index (χ4n) is 2.44. The molecule has 0 aliphatic heterocycles. The molecule has 1 atom stereocenters. The zero-order chi connectivity index (χ0) is 20.1. The average molecular weight is 384 g/mol. The van der Waals surface area contributed by atoms with Crippen LogP contribution in [0, 0.1) is 0 Å². The summed E-state index contributed by atoms with van der Waals surface area (Å²) in [6, 6.07) is 10.3. The molecular formula is C18H19F3N2O4. The van der Waals surface area contributed by atoms with Gasteiger partial charge in [-0.15, -0.1) is 0 Å². The average Bonchev–Trinajstić information content (AvgIpc) is 2.65. The van der Waals surface area contributed by atoms with Gasteiger partial charge in [-0.25, -0.2) is 4.79 Å². The number of aliphatic hydroxyl groups is 1. The van der Waals surface area contributed by atoms with Crippen LogP contribution in [0.2, 0.25) is 0 Å². The normalized spacial score (nSPS) is 13.4. The Hall–Kier alpha value is -2.94. The lowest BCUT2D eigenvalue weighted by Gasteiger charge is -2.31. The van der Waals surface area contributed by atoms with Crippen molar-refractivity contribution in [2.75, 3.05) is 26.1 Å². The third-order valence-electron chi connectivity index (χ3n) is 3.88. The fourth-order valence-corrected chi connectivity index (χ4v) is 2.44. The molecule has 146 valence electrons. The Kier molecular flexibility index (Phi) is 6.17. The summed E-state index contributed by atoms with van der Waals surface area (Å²) in [5, 5.41) is 14.6. The van der Waals surface area contributed by atoms with Gasteiger partial charge in [-0.2, -0.15) is 13.2 Å². The molecule has 2 aromatic rings. The molecule has 0 aliphatic carbocycles. The molecule has 0 saturated heterocycles. The van der Waals surface area contributed by atoms with Gasteiger partial charge in [-0.05, 0) is 17.7 Å². The van der Waals surface area contributed by atoms with Crippen molar-refractivity contribution in [1.82, 2.24) is 5.32 Å². The number of alkyl halides is 3. The summed E-state index contributed by atoms with van der Waals surface area (Å²) >= 11 is 0. The van der Waals surface area contributed by atoms with Gasteiger partial charge in [0.05, 0.1) is 26.5 Å². The first-order chi connectivity index (χ1) is 12.7. The van der Waals surface area contributed by atoms with Gasteiger partial charge in [0.2, 0.25) is 5.60 Å². The largest absolute Gasteiger partial charge is 0.493 e. The highest BCUT2D eigenvalue weighted by molar-refractivity contribution is 5.91. The number of anilines is 1. The van der Waals surface area contributed by atoms with Crippen LogP contribution in [0.3, 0.4) is 0 Å². The maximum Gasteiger partial charge on any atom is 0.423 e. The maximum absolute atomic E-state index is 13.4. The van der Waals surface area contributed by atoms with Crippen molar-refractivity contribution >= 4 is 11.7 Å². The highest BCUT2D eigenvalue weighted by Gasteiger charge is 2.55. The van der Waals surface area contributed by atoms with Gasteiger partial charge < -0.3 is 25.2 Å². The number of methoxy groups -OCH3 is 2. The van der Waals surface area contributed by atoms with Crippen molar-refractivity contribution in [1.29, 1.82) is 0 Å². The number of rotatable bonds is 6. The topological polar surface area (TPSA) is 79.8 Å². The van der Waals surface area contributed by atoms with Crippen LogP contribution in [0.15, 0.2) is 48.5 Å². The van der Waals surface area contributed by atoms with E-state index in [2.05, 4.69) is 5.32 Å². The molecule has 2 aromatic carbocycles. The van der Waals surface area contributed by atoms with Crippen LogP contribution in [0.1, 0.15) is 5.56 Å². The number of para-hydroxylation sites is 1. The van der Waals surface area contributed by atoms with Crippen LogP contribution in [0.4, 0.5) is 23.7 Å². The van der Waals surface area contributed by atoms with Gasteiger partial charge >= 0.3 is 12.2 Å². The Morgan fingerprint density at radius 3 is 2.26 bits per heavy atom. The summed E-state index contributed by atoms with van der Waals surface area (Å²) in [5.74, 6) is 0.552. The predicted molar refractivity (Wildman–Crippen MR) is 93.0 cm³/mol. The Balaban J connectivity index is 2.16. The van der Waals surface area contributed by atoms with Crippen LogP contribution in [0.25, 0.3) is 0 Å². The van der Waals surface area contributed by atoms with E-state index in [9.17, 15) is 23.1 Å². The van der Waals surface area contributed by atoms with E-state index in [4.69, 9.17) is 9.47 Å². The molecule has 0 radical (unpaired) electrons. The predicted octanol–water partition coefficient (Wildman–Crippen LogP) is 3.28. The Morgan fingerprint density at radius 2 is 1.70 bits per heavy atom. The fraction of sp³-hybridized carbons (Fsp3) is 0.278. The number of benzene rings is 2. The zero-order valence-corrected chi connectivity index (χ0v) is 14.6. The summed E-state index contributed by atoms with van der Waals surface area (Å²) in [7, 11) is 2.77. The first-order valence-corrected chi connectivity index (χ1v) is 7.83. The van der Waals surface area contributed by atoms with Gasteiger partial charge in [0, 0.05) is 0 Å². The molecule has 6 nitrogen and oxygen atoms in total. The van der Waals surface area contributed by atoms with Crippen molar-refractivity contribution in [3.63, 3.8) is 0 Å². The van der Waals surface area contributed by atoms with Gasteiger partial charge in [-0.3, -0.25) is 0 Å². The van der Waals surface area contributed by atoms with Crippen LogP contribution >= 0.6 is 0 Å². The number of nitrogens with one attached hydrogen (secondary N) is 2. The van der Waals surface area contributed by atoms with Gasteiger partial charge in [0.15, 0.2) is 11.5 Å². The van der Waals surface area contributed by atoms with Gasteiger partial charge in [0.1, 0.15) is 0 Å². The molecular weight excluding hydrogens is 365 g/mol. The summed E-state index contributed by atoms with van der Waals surface area (Å²) in [5.41, 5.74) is -3.41. The Labute approximate surface area is 153 Å². The molecule has 2 amide bonds. The molecule has 0 fully saturated rings. The second-order valence-electron chi connectivity index (χ2n) is 5.57. The highest BCUT2D eigenvalue weighted by Crippen LogP contribution is 2.38. The zero-order valence-electron chi connectivity index (χ0n) is 14.6. The first-order valence-electron chi connectivity index (χ1n) is 7.83. The van der Waals surface area contributed by atoms with E-state index in [-0.39, 0.29) is 17.0 Å². The van der Waals surface area contributed by atoms with Crippen molar-refractivity contribution in [2.45, 2.75) is 11.8 Å². The Bertz CT molecular complexity index is 784. The minimum absolute atomic E-state index is 0.199. The van der Waals surface area contributed by atoms with Crippen LogP contribution < -0.4 is 20.1 Å². The van der Waals surface area contributed by atoms with E-state index >= 15 is 0 Å². The van der Waals surface area contributed by atoms with Crippen molar-refractivity contribution in [3.8, 4) is 11.5 Å². The third kappa shape index (κ3) is 4.43. The van der Waals surface area contributed by atoms with Crippen LogP contribution in [0.5, 0.6) is 11.5 Å². The highest BCUT2D eigenvalue weighted by atomic mass is 19.4.